The number of phenolic OH excluding ortho intramolecular Hbond substituents is 1. The predicted molar refractivity (Wildman–Crippen MR) is 330 cm³/mol. The smallest absolute Gasteiger partial charge is 0.251 e. The van der Waals surface area contributed by atoms with E-state index in [1.807, 2.05) is 12.1 Å². The minimum atomic E-state index is -2.67. The van der Waals surface area contributed by atoms with Crippen LogP contribution in [-0.2, 0) is 60.4 Å². The van der Waals surface area contributed by atoms with E-state index in [4.69, 9.17) is 16.6 Å². The molecule has 7 amide bonds. The van der Waals surface area contributed by atoms with Gasteiger partial charge >= 0.3 is 0 Å². The number of ether oxygens (including phenoxy) is 1. The Morgan fingerprint density at radius 1 is 0.763 bits per heavy atom. The molecule has 0 spiro atoms. The van der Waals surface area contributed by atoms with E-state index in [1.165, 1.54) is 55.7 Å². The lowest BCUT2D eigenvalue weighted by Gasteiger charge is -2.36. The maximum absolute atomic E-state index is 14.6. The highest BCUT2D eigenvalue weighted by Crippen LogP contribution is 2.34. The molecule has 4 saturated heterocycles. The zero-order valence-electron chi connectivity index (χ0n) is 50.9. The third-order valence-electron chi connectivity index (χ3n) is 17.4. The molecule has 502 valence electrons. The minimum absolute atomic E-state index is 0.0111. The number of aromatic hydroxyl groups is 1. The summed E-state index contributed by atoms with van der Waals surface area (Å²) >= 11 is -1.34. The normalized spacial score (nSPS) is 27.3. The van der Waals surface area contributed by atoms with Gasteiger partial charge in [0.2, 0.25) is 53.1 Å². The first-order valence-electron chi connectivity index (χ1n) is 30.7. The molecule has 14 atom stereocenters. The summed E-state index contributed by atoms with van der Waals surface area (Å²) in [6.07, 6.45) is -3.94. The lowest BCUT2D eigenvalue weighted by Crippen LogP contribution is -2.64. The van der Waals surface area contributed by atoms with Gasteiger partial charge < -0.3 is 86.6 Å². The number of piperidine rings is 1. The van der Waals surface area contributed by atoms with E-state index in [9.17, 15) is 73.5 Å². The van der Waals surface area contributed by atoms with Crippen LogP contribution in [0.15, 0.2) is 71.6 Å². The van der Waals surface area contributed by atoms with Crippen LogP contribution >= 0.6 is 11.3 Å². The Bertz CT molecular complexity index is 3380. The minimum Gasteiger partial charge on any atom is -0.507 e. The highest BCUT2D eigenvalue weighted by Gasteiger charge is 2.50. The lowest BCUT2D eigenvalue weighted by atomic mass is 9.97. The van der Waals surface area contributed by atoms with Crippen molar-refractivity contribution in [3.8, 4) is 26.9 Å². The van der Waals surface area contributed by atoms with Crippen molar-refractivity contribution >= 4 is 69.5 Å². The van der Waals surface area contributed by atoms with Gasteiger partial charge in [-0.25, -0.2) is 16.0 Å². The number of carbonyl (C=O) groups excluding carboxylic acids is 7. The van der Waals surface area contributed by atoms with E-state index in [2.05, 4.69) is 68.0 Å². The SMILES string of the molecule is [C-]#[N+]C[C@@H](O)[C@@H]1NC(=O)C([C@H](O)Cc2ccc(O)c(S(=O)OOO)c2)NC(=O)C2CC(O)CN2C(=O)C(C(C)O)NC(=O)[C@@H](NC(=O)c2ccc(-c3nnc(-c4ccc(N5CCC(OC6CCCCC6)CC5)cc4)s3)cc2)C[C@H](O)CNC(=O)C2[C@@H](O)C(C)CN2C1=O. The van der Waals surface area contributed by atoms with Gasteiger partial charge in [0, 0.05) is 80.3 Å². The van der Waals surface area contributed by atoms with Crippen molar-refractivity contribution < 1.29 is 92.9 Å². The van der Waals surface area contributed by atoms with E-state index in [0.29, 0.717) is 21.7 Å². The summed E-state index contributed by atoms with van der Waals surface area (Å²) in [5, 5.41) is 113. The number of aromatic nitrogens is 2. The monoisotopic (exact) mass is 1330 g/mol. The van der Waals surface area contributed by atoms with Crippen molar-refractivity contribution in [1.82, 2.24) is 46.6 Å². The largest absolute Gasteiger partial charge is 0.507 e. The van der Waals surface area contributed by atoms with Crippen molar-refractivity contribution in [3.63, 3.8) is 0 Å². The average Bonchev–Trinajstić information content (AvgIpc) is 1.70. The summed E-state index contributed by atoms with van der Waals surface area (Å²) in [5.74, 6) is -9.63. The van der Waals surface area contributed by atoms with Gasteiger partial charge in [-0.2, -0.15) is 0 Å². The van der Waals surface area contributed by atoms with Gasteiger partial charge in [0.1, 0.15) is 56.9 Å². The summed E-state index contributed by atoms with van der Waals surface area (Å²) < 4.78 is 23.2. The Hall–Kier alpha value is -7.65. The number of anilines is 1. The van der Waals surface area contributed by atoms with Crippen LogP contribution in [0.4, 0.5) is 5.69 Å². The highest BCUT2D eigenvalue weighted by atomic mass is 32.2. The number of aliphatic hydroxyl groups excluding tert-OH is 6. The molecule has 4 aromatic rings. The Labute approximate surface area is 540 Å². The maximum Gasteiger partial charge on any atom is 0.251 e. The number of aliphatic hydroxyl groups is 6. The molecule has 32 heteroatoms. The second-order valence-corrected chi connectivity index (χ2v) is 26.2. The molecule has 5 heterocycles. The number of β-amino-alcohol motifs (C(OH)–C–C–N with tert-alkyl or cyclic N) is 1. The van der Waals surface area contributed by atoms with E-state index in [0.717, 1.165) is 78.9 Å². The number of rotatable bonds is 16. The van der Waals surface area contributed by atoms with Gasteiger partial charge in [0.15, 0.2) is 6.10 Å². The number of fused-ring (bicyclic) bond motifs is 2. The van der Waals surface area contributed by atoms with Gasteiger partial charge in [-0.1, -0.05) is 65.1 Å². The number of nitrogens with one attached hydrogen (secondary N) is 5. The van der Waals surface area contributed by atoms with E-state index >= 15 is 0 Å². The zero-order chi connectivity index (χ0) is 66.8. The lowest BCUT2D eigenvalue weighted by molar-refractivity contribution is -0.435. The molecular weight excluding hydrogens is 1250 g/mol. The Balaban J connectivity index is 0.952. The van der Waals surface area contributed by atoms with E-state index in [-0.39, 0.29) is 23.8 Å². The van der Waals surface area contributed by atoms with E-state index < -0.39 is 181 Å². The fourth-order valence-electron chi connectivity index (χ4n) is 12.4. The standard InChI is InChI=1S/C61H77N11O19S2/c1-31-29-72-51(52(31)79)57(84)63-27-38(74)25-42(64-53(80)34-10-12-35(13-11-34)58-68-69-59(92-58)36-14-16-37(17-15-36)70-21-19-41(20-22-70)89-40-7-5-4-6-8-40)54(81)65-48(32(2)73)60(85)71-30-39(75)26-43(71)55(82)66-49(56(83)67-50(61(72)86)46(78)28-62-3)45(77)23-33-9-18-44(76)47(24-33)93(88)91-90-87/h9-18,24,31-32,38-43,45-46,48-52,73-79,87H,4-8,19-23,25-30H2,1-2H3,(H,63,84)(H,64,80)(H,65,81)(H,66,82)(H,67,83)/t31?,32?,38-,39?,42-,43?,45+,46+,48?,49?,50-,51?,52-,93?/m0/s1. The van der Waals surface area contributed by atoms with Gasteiger partial charge in [0.05, 0.1) is 42.7 Å². The Kier molecular flexibility index (Phi) is 23.6. The molecule has 30 nitrogen and oxygen atoms in total. The third kappa shape index (κ3) is 17.0. The quantitative estimate of drug-likeness (QED) is 0.0371. The molecule has 8 unspecified atom stereocenters. The summed E-state index contributed by atoms with van der Waals surface area (Å²) in [6.45, 7) is 9.35. The number of phenols is 1. The molecule has 5 fully saturated rings. The molecule has 3 aromatic carbocycles. The van der Waals surface area contributed by atoms with Crippen molar-refractivity contribution in [3.05, 3.63) is 89.3 Å². The highest BCUT2D eigenvalue weighted by molar-refractivity contribution is 7.80. The third-order valence-corrected chi connectivity index (χ3v) is 19.3. The van der Waals surface area contributed by atoms with Crippen molar-refractivity contribution in [2.24, 2.45) is 5.92 Å². The number of nitrogens with zero attached hydrogens (tertiary/aromatic N) is 6. The Morgan fingerprint density at radius 3 is 2.03 bits per heavy atom. The number of amides is 7. The first-order chi connectivity index (χ1) is 44.5. The van der Waals surface area contributed by atoms with Crippen LogP contribution in [0.2, 0.25) is 0 Å². The molecular formula is C61H77N11O19S2. The fourth-order valence-corrected chi connectivity index (χ4v) is 13.8. The zero-order valence-corrected chi connectivity index (χ0v) is 52.5. The predicted octanol–water partition coefficient (Wildman–Crippen LogP) is -0.793. The van der Waals surface area contributed by atoms with Gasteiger partial charge in [0.25, 0.3) is 5.91 Å². The number of hydrogen-bond acceptors (Lipinski definition) is 23. The van der Waals surface area contributed by atoms with E-state index in [1.54, 1.807) is 12.1 Å². The molecule has 0 bridgehead atoms. The molecule has 1 aliphatic carbocycles. The first kappa shape index (κ1) is 69.7. The fraction of sp³-hybridized carbons (Fsp3) is 0.541. The summed E-state index contributed by atoms with van der Waals surface area (Å²) in [4.78, 5) is 108. The molecule has 9 rings (SSSR count). The number of carbonyl (C=O) groups is 7. The summed E-state index contributed by atoms with van der Waals surface area (Å²) in [5.41, 5.74) is 2.56. The summed E-state index contributed by atoms with van der Waals surface area (Å²) in [7, 11) is 0. The van der Waals surface area contributed by atoms with Gasteiger partial charge in [-0.3, -0.25) is 33.6 Å². The molecule has 0 radical (unpaired) electrons. The molecule has 4 aliphatic heterocycles. The van der Waals surface area contributed by atoms with Crippen LogP contribution in [0, 0.1) is 12.5 Å². The van der Waals surface area contributed by atoms with Crippen LogP contribution in [0.3, 0.4) is 0 Å². The second kappa shape index (κ2) is 31.5. The van der Waals surface area contributed by atoms with Gasteiger partial charge in [-0.15, -0.1) is 10.2 Å². The Morgan fingerprint density at radius 2 is 1.39 bits per heavy atom. The van der Waals surface area contributed by atoms with Crippen LogP contribution in [0.25, 0.3) is 26.0 Å². The second-order valence-electron chi connectivity index (χ2n) is 24.1. The average molecular weight is 1330 g/mol. The number of benzene rings is 3. The van der Waals surface area contributed by atoms with Gasteiger partial charge in [-0.05, 0) is 86.7 Å². The van der Waals surface area contributed by atoms with Crippen molar-refractivity contribution in [1.29, 1.82) is 0 Å². The van der Waals surface area contributed by atoms with Crippen molar-refractivity contribution in [2.75, 3.05) is 44.2 Å². The molecule has 1 aromatic heterocycles. The number of hydrogen-bond donors (Lipinski definition) is 13. The molecule has 93 heavy (non-hydrogen) atoms. The van der Waals surface area contributed by atoms with Crippen LogP contribution in [0.1, 0.15) is 87.6 Å². The molecule has 5 aliphatic rings. The molecule has 13 N–H and O–H groups in total. The van der Waals surface area contributed by atoms with Crippen LogP contribution in [-0.4, -0.2) is 231 Å². The first-order valence-corrected chi connectivity index (χ1v) is 32.6. The maximum atomic E-state index is 14.6. The van der Waals surface area contributed by atoms with Crippen molar-refractivity contribution in [2.45, 2.75) is 168 Å². The summed E-state index contributed by atoms with van der Waals surface area (Å²) in [6, 6.07) is 5.88. The topological polar surface area (TPSA) is 426 Å². The van der Waals surface area contributed by atoms with Crippen LogP contribution < -0.4 is 31.5 Å². The van der Waals surface area contributed by atoms with Crippen LogP contribution in [0.5, 0.6) is 5.75 Å². The molecule has 1 saturated carbocycles.